The molecule has 0 bridgehead atoms. The van der Waals surface area contributed by atoms with Crippen molar-refractivity contribution in [2.45, 2.75) is 18.6 Å². The predicted octanol–water partition coefficient (Wildman–Crippen LogP) is 0.963. The number of rotatable bonds is 3. The smallest absolute Gasteiger partial charge is 0.269 e. The molecule has 0 saturated carbocycles. The number of aliphatic hydroxyl groups is 1. The molecule has 0 aliphatic carbocycles. The maximum absolute atomic E-state index is 12.3. The van der Waals surface area contributed by atoms with Gasteiger partial charge >= 0.3 is 0 Å². The molecule has 6 heteroatoms. The molecule has 1 aliphatic rings. The molecule has 1 saturated heterocycles. The van der Waals surface area contributed by atoms with Gasteiger partial charge in [0.05, 0.1) is 6.54 Å². The number of nitrogens with zero attached hydrogens (tertiary/aromatic N) is 2. The first kappa shape index (κ1) is 11.0. The van der Waals surface area contributed by atoms with Gasteiger partial charge in [-0.3, -0.25) is 4.90 Å². The lowest BCUT2D eigenvalue weighted by molar-refractivity contribution is -0.182. The van der Waals surface area contributed by atoms with E-state index in [1.807, 2.05) is 6.07 Å². The first-order chi connectivity index (χ1) is 7.53. The van der Waals surface area contributed by atoms with Gasteiger partial charge in [0, 0.05) is 13.1 Å². The van der Waals surface area contributed by atoms with E-state index >= 15 is 0 Å². The van der Waals surface area contributed by atoms with Gasteiger partial charge in [-0.15, -0.1) is 0 Å². The molecule has 0 spiro atoms. The number of nitriles is 1. The van der Waals surface area contributed by atoms with Crippen LogP contribution in [-0.2, 0) is 6.54 Å². The van der Waals surface area contributed by atoms with E-state index in [4.69, 9.17) is 9.68 Å². The number of alkyl halides is 2. The minimum absolute atomic E-state index is 0.0761. The summed E-state index contributed by atoms with van der Waals surface area (Å²) in [5.74, 6) is 0.729. The second-order valence-corrected chi connectivity index (χ2v) is 3.93. The summed E-state index contributed by atoms with van der Waals surface area (Å²) < 4.78 is 29.7. The number of halogens is 2. The van der Waals surface area contributed by atoms with Gasteiger partial charge in [0.1, 0.15) is 11.8 Å². The maximum atomic E-state index is 12.3. The predicted molar refractivity (Wildman–Crippen MR) is 49.7 cm³/mol. The largest absolute Gasteiger partial charge is 0.449 e. The Morgan fingerprint density at radius 3 is 2.75 bits per heavy atom. The van der Waals surface area contributed by atoms with E-state index in [2.05, 4.69) is 0 Å². The van der Waals surface area contributed by atoms with Gasteiger partial charge in [-0.1, -0.05) is 0 Å². The third-order valence-corrected chi connectivity index (χ3v) is 2.55. The normalized spacial score (nSPS) is 19.4. The van der Waals surface area contributed by atoms with Crippen molar-refractivity contribution < 1.29 is 18.3 Å². The minimum Gasteiger partial charge on any atom is -0.449 e. The zero-order valence-electron chi connectivity index (χ0n) is 8.36. The molecule has 16 heavy (non-hydrogen) atoms. The number of furan rings is 1. The standard InChI is InChI=1S/C10H10F2N2O2/c11-9(12)10(15)5-14(6-10)4-8-2-1-7(3-13)16-8/h1-2,9,15H,4-6H2. The molecule has 0 atom stereocenters. The molecule has 0 amide bonds. The summed E-state index contributed by atoms with van der Waals surface area (Å²) in [5, 5.41) is 17.8. The Bertz CT molecular complexity index is 419. The minimum atomic E-state index is -2.73. The van der Waals surface area contributed by atoms with Crippen LogP contribution in [0, 0.1) is 11.3 Å². The van der Waals surface area contributed by atoms with Crippen LogP contribution in [0.3, 0.4) is 0 Å². The summed E-state index contributed by atoms with van der Waals surface area (Å²) in [6, 6.07) is 4.98. The number of hydrogen-bond acceptors (Lipinski definition) is 4. The summed E-state index contributed by atoms with van der Waals surface area (Å²) in [6.45, 7) is 0.178. The van der Waals surface area contributed by atoms with Crippen molar-refractivity contribution in [1.82, 2.24) is 4.90 Å². The van der Waals surface area contributed by atoms with E-state index in [0.717, 1.165) is 0 Å². The Morgan fingerprint density at radius 1 is 1.56 bits per heavy atom. The molecule has 0 unspecified atom stereocenters. The lowest BCUT2D eigenvalue weighted by Gasteiger charge is -2.45. The Balaban J connectivity index is 1.88. The molecule has 2 rings (SSSR count). The highest BCUT2D eigenvalue weighted by molar-refractivity contribution is 5.19. The average molecular weight is 228 g/mol. The summed E-state index contributed by atoms with van der Waals surface area (Å²) in [4.78, 5) is 1.63. The molecule has 1 aliphatic heterocycles. The van der Waals surface area contributed by atoms with Gasteiger partial charge in [-0.05, 0) is 12.1 Å². The zero-order valence-corrected chi connectivity index (χ0v) is 8.36. The van der Waals surface area contributed by atoms with Crippen LogP contribution in [-0.4, -0.2) is 35.1 Å². The fourth-order valence-electron chi connectivity index (χ4n) is 1.72. The lowest BCUT2D eigenvalue weighted by Crippen LogP contribution is -2.65. The summed E-state index contributed by atoms with van der Waals surface area (Å²) >= 11 is 0. The van der Waals surface area contributed by atoms with Crippen molar-refractivity contribution in [2.24, 2.45) is 0 Å². The zero-order chi connectivity index (χ0) is 11.8. The van der Waals surface area contributed by atoms with Crippen LogP contribution < -0.4 is 0 Å². The lowest BCUT2D eigenvalue weighted by atomic mass is 9.95. The van der Waals surface area contributed by atoms with Crippen molar-refractivity contribution in [3.05, 3.63) is 23.7 Å². The fourth-order valence-corrected chi connectivity index (χ4v) is 1.72. The molecule has 1 fully saturated rings. The molecular weight excluding hydrogens is 218 g/mol. The van der Waals surface area contributed by atoms with Crippen LogP contribution in [0.5, 0.6) is 0 Å². The summed E-state index contributed by atoms with van der Waals surface area (Å²) in [7, 11) is 0. The maximum Gasteiger partial charge on any atom is 0.269 e. The third-order valence-electron chi connectivity index (χ3n) is 2.55. The summed E-state index contributed by atoms with van der Waals surface area (Å²) in [5.41, 5.74) is -1.88. The van der Waals surface area contributed by atoms with Crippen LogP contribution in [0.15, 0.2) is 16.5 Å². The number of likely N-dealkylation sites (tertiary alicyclic amines) is 1. The third kappa shape index (κ3) is 1.92. The van der Waals surface area contributed by atoms with Gasteiger partial charge in [-0.2, -0.15) is 5.26 Å². The average Bonchev–Trinajstić information content (AvgIpc) is 2.62. The highest BCUT2D eigenvalue weighted by Crippen LogP contribution is 2.28. The second-order valence-electron chi connectivity index (χ2n) is 3.93. The molecule has 4 nitrogen and oxygen atoms in total. The topological polar surface area (TPSA) is 60.4 Å². The van der Waals surface area contributed by atoms with Crippen molar-refractivity contribution in [3.63, 3.8) is 0 Å². The molecule has 0 radical (unpaired) electrons. The van der Waals surface area contributed by atoms with E-state index < -0.39 is 12.0 Å². The van der Waals surface area contributed by atoms with Gasteiger partial charge < -0.3 is 9.52 Å². The SMILES string of the molecule is N#Cc1ccc(CN2CC(O)(C(F)F)C2)o1. The Morgan fingerprint density at radius 2 is 2.25 bits per heavy atom. The Kier molecular flexibility index (Phi) is 2.66. The first-order valence-electron chi connectivity index (χ1n) is 4.75. The molecule has 0 aromatic carbocycles. The van der Waals surface area contributed by atoms with Gasteiger partial charge in [0.2, 0.25) is 5.76 Å². The van der Waals surface area contributed by atoms with E-state index in [0.29, 0.717) is 12.3 Å². The molecular formula is C10H10F2N2O2. The van der Waals surface area contributed by atoms with Crippen LogP contribution in [0.25, 0.3) is 0 Å². The highest BCUT2D eigenvalue weighted by atomic mass is 19.3. The molecule has 1 aromatic heterocycles. The second kappa shape index (κ2) is 3.85. The van der Waals surface area contributed by atoms with Crippen LogP contribution in [0.1, 0.15) is 11.5 Å². The van der Waals surface area contributed by atoms with Crippen LogP contribution in [0.2, 0.25) is 0 Å². The first-order valence-corrected chi connectivity index (χ1v) is 4.75. The van der Waals surface area contributed by atoms with Gasteiger partial charge in [0.15, 0.2) is 5.60 Å². The monoisotopic (exact) mass is 228 g/mol. The van der Waals surface area contributed by atoms with E-state index in [1.54, 1.807) is 11.0 Å². The Labute approximate surface area is 90.7 Å². The van der Waals surface area contributed by atoms with Crippen molar-refractivity contribution >= 4 is 0 Å². The van der Waals surface area contributed by atoms with Crippen LogP contribution in [0.4, 0.5) is 8.78 Å². The van der Waals surface area contributed by atoms with Crippen molar-refractivity contribution in [3.8, 4) is 6.07 Å². The van der Waals surface area contributed by atoms with Gasteiger partial charge in [0.25, 0.3) is 6.43 Å². The number of β-amino-alcohol motifs (C(OH)–C–C–N with tert-alkyl or cyclic N) is 1. The molecule has 1 N–H and O–H groups in total. The van der Waals surface area contributed by atoms with Gasteiger partial charge in [-0.25, -0.2) is 8.78 Å². The molecule has 1 aromatic rings. The quantitative estimate of drug-likeness (QED) is 0.837. The summed E-state index contributed by atoms with van der Waals surface area (Å²) in [6.07, 6.45) is -2.73. The van der Waals surface area contributed by atoms with Crippen molar-refractivity contribution in [2.75, 3.05) is 13.1 Å². The van der Waals surface area contributed by atoms with Crippen molar-refractivity contribution in [1.29, 1.82) is 5.26 Å². The van der Waals surface area contributed by atoms with E-state index in [9.17, 15) is 13.9 Å². The highest BCUT2D eigenvalue weighted by Gasteiger charge is 2.48. The molecule has 2 heterocycles. The van der Waals surface area contributed by atoms with E-state index in [1.165, 1.54) is 6.07 Å². The molecule has 86 valence electrons. The fraction of sp³-hybridized carbons (Fsp3) is 0.500. The van der Waals surface area contributed by atoms with Crippen LogP contribution >= 0.6 is 0 Å². The van der Waals surface area contributed by atoms with E-state index in [-0.39, 0.29) is 18.8 Å². The number of hydrogen-bond donors (Lipinski definition) is 1. The Hall–Kier alpha value is -1.45.